The van der Waals surface area contributed by atoms with Crippen LogP contribution in [0.1, 0.15) is 40.0 Å². The van der Waals surface area contributed by atoms with Crippen LogP contribution in [-0.4, -0.2) is 44.1 Å². The molecule has 2 rings (SSSR count). The Hall–Kier alpha value is -1.38. The van der Waals surface area contributed by atoms with E-state index in [0.29, 0.717) is 0 Å². The van der Waals surface area contributed by atoms with E-state index in [0.717, 1.165) is 0 Å². The normalized spacial score (nSPS) is 17.5. The van der Waals surface area contributed by atoms with E-state index < -0.39 is 43.2 Å². The van der Waals surface area contributed by atoms with Crippen molar-refractivity contribution >= 4 is 33.0 Å². The lowest BCUT2D eigenvalue weighted by Crippen LogP contribution is -2.44. The van der Waals surface area contributed by atoms with Gasteiger partial charge in [-0.3, -0.25) is 9.18 Å². The minimum absolute atomic E-state index is 0.0552. The summed E-state index contributed by atoms with van der Waals surface area (Å²) in [5.74, 6) is -1.03. The lowest BCUT2D eigenvalue weighted by Gasteiger charge is -2.36. The number of ether oxygens (including phenoxy) is 1. The maximum Gasteiger partial charge on any atom is 0.229 e. The van der Waals surface area contributed by atoms with Crippen molar-refractivity contribution in [1.82, 2.24) is 0 Å². The van der Waals surface area contributed by atoms with E-state index in [-0.39, 0.29) is 43.2 Å². The van der Waals surface area contributed by atoms with Gasteiger partial charge in [-0.2, -0.15) is 0 Å². The molecule has 1 aromatic rings. The molecule has 6 nitrogen and oxygen atoms in total. The topological polar surface area (TPSA) is 92.7 Å². The maximum absolute atomic E-state index is 13.4. The van der Waals surface area contributed by atoms with Crippen LogP contribution in [0, 0.1) is 5.41 Å². The van der Waals surface area contributed by atoms with E-state index in [1.807, 2.05) is 0 Å². The van der Waals surface area contributed by atoms with Crippen molar-refractivity contribution in [3.05, 3.63) is 17.2 Å². The fourth-order valence-corrected chi connectivity index (χ4v) is 5.63. The summed E-state index contributed by atoms with van der Waals surface area (Å²) in [5.41, 5.74) is -0.804. The highest BCUT2D eigenvalue weighted by Gasteiger charge is 2.48. The number of anilines is 1. The predicted molar refractivity (Wildman–Crippen MR) is 102 cm³/mol. The van der Waals surface area contributed by atoms with Crippen LogP contribution < -0.4 is 5.32 Å². The Morgan fingerprint density at radius 1 is 1.33 bits per heavy atom. The van der Waals surface area contributed by atoms with Gasteiger partial charge in [-0.15, -0.1) is 0 Å². The van der Waals surface area contributed by atoms with Gasteiger partial charge in [-0.1, -0.05) is 32.4 Å². The standard InChI is InChI=1S/C18H25ClFNO5S/c1-17(2,3)16(23)21-13-5-4-12(19)15(14(13)22)27(24,25)18(6-9-20)7-10-26-11-8-18/h4-5,22H,6-11H2,1-3H3,(H,21,23). The highest BCUT2D eigenvalue weighted by atomic mass is 35.5. The van der Waals surface area contributed by atoms with Crippen LogP contribution in [0.2, 0.25) is 5.02 Å². The lowest BCUT2D eigenvalue weighted by atomic mass is 9.95. The Labute approximate surface area is 164 Å². The van der Waals surface area contributed by atoms with Gasteiger partial charge in [0.15, 0.2) is 15.6 Å². The first-order valence-electron chi connectivity index (χ1n) is 8.67. The second-order valence-corrected chi connectivity index (χ2v) is 10.4. The molecule has 0 bridgehead atoms. The van der Waals surface area contributed by atoms with Crippen molar-refractivity contribution in [3.8, 4) is 5.75 Å². The minimum Gasteiger partial charge on any atom is -0.504 e. The second kappa shape index (κ2) is 7.93. The first kappa shape index (κ1) is 21.9. The summed E-state index contributed by atoms with van der Waals surface area (Å²) >= 11 is 6.12. The second-order valence-electron chi connectivity index (χ2n) is 7.71. The summed E-state index contributed by atoms with van der Waals surface area (Å²) in [6.45, 7) is 4.59. The summed E-state index contributed by atoms with van der Waals surface area (Å²) in [4.78, 5) is 11.7. The molecule has 0 aliphatic carbocycles. The monoisotopic (exact) mass is 421 g/mol. The molecule has 1 aliphatic heterocycles. The van der Waals surface area contributed by atoms with Gasteiger partial charge in [0.1, 0.15) is 4.90 Å². The first-order valence-corrected chi connectivity index (χ1v) is 10.5. The average Bonchev–Trinajstić information content (AvgIpc) is 2.57. The quantitative estimate of drug-likeness (QED) is 0.707. The molecule has 0 aromatic heterocycles. The molecule has 1 aliphatic rings. The molecular weight excluding hydrogens is 397 g/mol. The van der Waals surface area contributed by atoms with Gasteiger partial charge in [0.05, 0.1) is 22.1 Å². The van der Waals surface area contributed by atoms with Crippen molar-refractivity contribution in [1.29, 1.82) is 0 Å². The number of amides is 1. The van der Waals surface area contributed by atoms with Crippen LogP contribution in [0.5, 0.6) is 5.75 Å². The fourth-order valence-electron chi connectivity index (χ4n) is 3.00. The number of alkyl halides is 1. The molecule has 152 valence electrons. The molecule has 1 amide bonds. The van der Waals surface area contributed by atoms with Crippen LogP contribution in [0.3, 0.4) is 0 Å². The Morgan fingerprint density at radius 2 is 1.93 bits per heavy atom. The van der Waals surface area contributed by atoms with Gasteiger partial charge in [0, 0.05) is 18.6 Å². The van der Waals surface area contributed by atoms with Crippen LogP contribution in [-0.2, 0) is 19.4 Å². The van der Waals surface area contributed by atoms with E-state index >= 15 is 0 Å². The summed E-state index contributed by atoms with van der Waals surface area (Å²) in [6.07, 6.45) is -0.00571. The number of hydrogen-bond acceptors (Lipinski definition) is 5. The molecular formula is C18H25ClFNO5S. The van der Waals surface area contributed by atoms with Crippen molar-refractivity contribution in [2.75, 3.05) is 25.2 Å². The smallest absolute Gasteiger partial charge is 0.229 e. The van der Waals surface area contributed by atoms with Crippen LogP contribution in [0.4, 0.5) is 10.1 Å². The lowest BCUT2D eigenvalue weighted by molar-refractivity contribution is -0.123. The molecule has 0 unspecified atom stereocenters. The molecule has 9 heteroatoms. The minimum atomic E-state index is -4.19. The summed E-state index contributed by atoms with van der Waals surface area (Å²) < 4.78 is 43.8. The third-order valence-electron chi connectivity index (χ3n) is 4.81. The predicted octanol–water partition coefficient (Wildman–Crippen LogP) is 3.71. The Kier molecular flexibility index (Phi) is 6.44. The number of sulfone groups is 1. The third-order valence-corrected chi connectivity index (χ3v) is 7.94. The van der Waals surface area contributed by atoms with Gasteiger partial charge >= 0.3 is 0 Å². The van der Waals surface area contributed by atoms with Crippen LogP contribution in [0.25, 0.3) is 0 Å². The van der Waals surface area contributed by atoms with Crippen molar-refractivity contribution in [2.45, 2.75) is 49.7 Å². The number of nitrogens with one attached hydrogen (secondary N) is 1. The summed E-state index contributed by atoms with van der Waals surface area (Å²) in [7, 11) is -4.19. The number of phenols is 1. The van der Waals surface area contributed by atoms with Gasteiger partial charge < -0.3 is 15.2 Å². The summed E-state index contributed by atoms with van der Waals surface area (Å²) in [6, 6.07) is 2.64. The largest absolute Gasteiger partial charge is 0.504 e. The van der Waals surface area contributed by atoms with Crippen LogP contribution in [0.15, 0.2) is 17.0 Å². The molecule has 0 atom stereocenters. The number of carbonyl (C=O) groups is 1. The van der Waals surface area contributed by atoms with Gasteiger partial charge in [-0.25, -0.2) is 8.42 Å². The van der Waals surface area contributed by atoms with Gasteiger partial charge in [-0.05, 0) is 31.4 Å². The van der Waals surface area contributed by atoms with E-state index in [1.54, 1.807) is 20.8 Å². The van der Waals surface area contributed by atoms with Crippen molar-refractivity contribution < 1.29 is 27.4 Å². The average molecular weight is 422 g/mol. The third kappa shape index (κ3) is 4.22. The van der Waals surface area contributed by atoms with E-state index in [4.69, 9.17) is 16.3 Å². The molecule has 0 radical (unpaired) electrons. The maximum atomic E-state index is 13.4. The van der Waals surface area contributed by atoms with Gasteiger partial charge in [0.2, 0.25) is 5.91 Å². The Morgan fingerprint density at radius 3 is 2.44 bits per heavy atom. The summed E-state index contributed by atoms with van der Waals surface area (Å²) in [5, 5.41) is 13.0. The molecule has 1 heterocycles. The van der Waals surface area contributed by atoms with Crippen molar-refractivity contribution in [2.24, 2.45) is 5.41 Å². The fraction of sp³-hybridized carbons (Fsp3) is 0.611. The zero-order valence-corrected chi connectivity index (χ0v) is 17.2. The molecule has 0 saturated carbocycles. The number of benzene rings is 1. The Bertz CT molecular complexity index is 808. The molecule has 27 heavy (non-hydrogen) atoms. The SMILES string of the molecule is CC(C)(C)C(=O)Nc1ccc(Cl)c(S(=O)(=O)C2(CCF)CCOCC2)c1O. The number of rotatable bonds is 5. The van der Waals surface area contributed by atoms with E-state index in [9.17, 15) is 22.7 Å². The highest BCUT2D eigenvalue weighted by molar-refractivity contribution is 7.93. The molecule has 1 fully saturated rings. The number of halogens is 2. The highest BCUT2D eigenvalue weighted by Crippen LogP contribution is 2.46. The zero-order valence-electron chi connectivity index (χ0n) is 15.6. The number of phenolic OH excluding ortho intramolecular Hbond substituents is 1. The van der Waals surface area contributed by atoms with Crippen molar-refractivity contribution in [3.63, 3.8) is 0 Å². The molecule has 0 spiro atoms. The zero-order chi connectivity index (χ0) is 20.5. The number of carbonyl (C=O) groups excluding carboxylic acids is 1. The molecule has 1 aromatic carbocycles. The van der Waals surface area contributed by atoms with E-state index in [1.165, 1.54) is 12.1 Å². The van der Waals surface area contributed by atoms with E-state index in [2.05, 4.69) is 5.32 Å². The Balaban J connectivity index is 2.56. The molecule has 2 N–H and O–H groups in total. The molecule has 1 saturated heterocycles. The number of aromatic hydroxyl groups is 1. The van der Waals surface area contributed by atoms with Crippen LogP contribution >= 0.6 is 11.6 Å². The van der Waals surface area contributed by atoms with Gasteiger partial charge in [0.25, 0.3) is 0 Å². The first-order chi connectivity index (χ1) is 12.5. The number of hydrogen-bond donors (Lipinski definition) is 2.